The second-order valence-electron chi connectivity index (χ2n) is 4.81. The monoisotopic (exact) mass is 335 g/mol. The van der Waals surface area contributed by atoms with Crippen molar-refractivity contribution < 1.29 is 22.6 Å². The van der Waals surface area contributed by atoms with E-state index in [9.17, 15) is 13.2 Å². The van der Waals surface area contributed by atoms with Gasteiger partial charge in [-0.2, -0.15) is 18.3 Å². The number of aromatic amines is 1. The van der Waals surface area contributed by atoms with E-state index in [-0.39, 0.29) is 17.1 Å². The summed E-state index contributed by atoms with van der Waals surface area (Å²) in [6, 6.07) is 8.01. The summed E-state index contributed by atoms with van der Waals surface area (Å²) in [7, 11) is 1.42. The molecule has 1 aromatic carbocycles. The molecule has 0 aliphatic heterocycles. The summed E-state index contributed by atoms with van der Waals surface area (Å²) in [6.07, 6.45) is -1.46. The Balaban J connectivity index is 2.02. The highest BCUT2D eigenvalue weighted by atomic mass is 19.4. The van der Waals surface area contributed by atoms with E-state index >= 15 is 0 Å². The van der Waals surface area contributed by atoms with Gasteiger partial charge in [-0.15, -0.1) is 0 Å². The molecule has 0 bridgehead atoms. The van der Waals surface area contributed by atoms with Crippen LogP contribution >= 0.6 is 0 Å². The van der Waals surface area contributed by atoms with Gasteiger partial charge in [-0.3, -0.25) is 5.10 Å². The molecule has 0 saturated heterocycles. The third-order valence-electron chi connectivity index (χ3n) is 3.21. The molecule has 1 N–H and O–H groups in total. The van der Waals surface area contributed by atoms with Crippen LogP contribution in [0.15, 0.2) is 48.8 Å². The van der Waals surface area contributed by atoms with Crippen LogP contribution in [-0.2, 0) is 6.18 Å². The minimum absolute atomic E-state index is 0.213. The third kappa shape index (κ3) is 3.32. The van der Waals surface area contributed by atoms with Gasteiger partial charge >= 0.3 is 6.18 Å². The Morgan fingerprint density at radius 1 is 1.12 bits per heavy atom. The minimum Gasteiger partial charge on any atom is -0.494 e. The van der Waals surface area contributed by atoms with E-state index in [1.165, 1.54) is 31.6 Å². The summed E-state index contributed by atoms with van der Waals surface area (Å²) in [4.78, 5) is 4.26. The van der Waals surface area contributed by atoms with Crippen LogP contribution < -0.4 is 9.47 Å². The molecule has 0 fully saturated rings. The van der Waals surface area contributed by atoms with Gasteiger partial charge in [-0.05, 0) is 18.2 Å². The van der Waals surface area contributed by atoms with Gasteiger partial charge in [0, 0.05) is 11.6 Å². The zero-order valence-corrected chi connectivity index (χ0v) is 12.5. The number of nitrogens with one attached hydrogen (secondary N) is 1. The van der Waals surface area contributed by atoms with Gasteiger partial charge in [0.15, 0.2) is 5.75 Å². The van der Waals surface area contributed by atoms with Crippen molar-refractivity contribution in [1.82, 2.24) is 15.2 Å². The first-order chi connectivity index (χ1) is 11.5. The normalized spacial score (nSPS) is 11.3. The second-order valence-corrected chi connectivity index (χ2v) is 4.81. The van der Waals surface area contributed by atoms with E-state index in [4.69, 9.17) is 9.47 Å². The van der Waals surface area contributed by atoms with Gasteiger partial charge in [0.1, 0.15) is 11.4 Å². The highest BCUT2D eigenvalue weighted by molar-refractivity contribution is 5.67. The SMILES string of the molecule is COc1ccc(Oc2cn[nH]c2)nc1-c1cccc(C(F)(F)F)c1. The molecule has 0 spiro atoms. The number of methoxy groups -OCH3 is 1. The maximum Gasteiger partial charge on any atom is 0.416 e. The average Bonchev–Trinajstić information content (AvgIpc) is 3.07. The van der Waals surface area contributed by atoms with E-state index < -0.39 is 11.7 Å². The van der Waals surface area contributed by atoms with Crippen LogP contribution in [0.25, 0.3) is 11.3 Å². The summed E-state index contributed by atoms with van der Waals surface area (Å²) in [5, 5.41) is 6.33. The van der Waals surface area contributed by atoms with Crippen LogP contribution in [0.4, 0.5) is 13.2 Å². The van der Waals surface area contributed by atoms with Gasteiger partial charge < -0.3 is 9.47 Å². The number of benzene rings is 1. The van der Waals surface area contributed by atoms with E-state index in [2.05, 4.69) is 15.2 Å². The van der Waals surface area contributed by atoms with Crippen LogP contribution in [0.2, 0.25) is 0 Å². The molecule has 2 aromatic heterocycles. The minimum atomic E-state index is -4.44. The number of ether oxygens (including phenoxy) is 2. The number of nitrogens with zero attached hydrogens (tertiary/aromatic N) is 2. The van der Waals surface area contributed by atoms with E-state index in [0.717, 1.165) is 12.1 Å². The molecule has 0 radical (unpaired) electrons. The summed E-state index contributed by atoms with van der Waals surface area (Å²) in [5.74, 6) is 0.987. The molecular weight excluding hydrogens is 323 g/mol. The van der Waals surface area contributed by atoms with Crippen LogP contribution in [0.3, 0.4) is 0 Å². The van der Waals surface area contributed by atoms with Crippen molar-refractivity contribution in [2.75, 3.05) is 7.11 Å². The van der Waals surface area contributed by atoms with Crippen molar-refractivity contribution in [3.63, 3.8) is 0 Å². The second kappa shape index (κ2) is 6.23. The third-order valence-corrected chi connectivity index (χ3v) is 3.21. The van der Waals surface area contributed by atoms with Crippen molar-refractivity contribution in [2.45, 2.75) is 6.18 Å². The first-order valence-corrected chi connectivity index (χ1v) is 6.86. The molecule has 8 heteroatoms. The number of pyridine rings is 1. The van der Waals surface area contributed by atoms with Crippen molar-refractivity contribution >= 4 is 0 Å². The Kier molecular flexibility index (Phi) is 4.11. The quantitative estimate of drug-likeness (QED) is 0.772. The molecule has 5 nitrogen and oxygen atoms in total. The number of rotatable bonds is 4. The maximum atomic E-state index is 12.9. The molecule has 0 saturated carbocycles. The molecule has 0 amide bonds. The van der Waals surface area contributed by atoms with E-state index in [0.29, 0.717) is 11.5 Å². The average molecular weight is 335 g/mol. The van der Waals surface area contributed by atoms with Crippen LogP contribution in [0.1, 0.15) is 5.56 Å². The Morgan fingerprint density at radius 3 is 2.62 bits per heavy atom. The molecule has 0 aliphatic carbocycles. The van der Waals surface area contributed by atoms with Crippen LogP contribution in [0.5, 0.6) is 17.4 Å². The van der Waals surface area contributed by atoms with Crippen molar-refractivity contribution in [1.29, 1.82) is 0 Å². The fourth-order valence-electron chi connectivity index (χ4n) is 2.12. The molecular formula is C16H12F3N3O2. The Morgan fingerprint density at radius 2 is 1.96 bits per heavy atom. The highest BCUT2D eigenvalue weighted by Gasteiger charge is 2.30. The number of hydrogen-bond donors (Lipinski definition) is 1. The number of halogens is 3. The number of H-pyrrole nitrogens is 1. The highest BCUT2D eigenvalue weighted by Crippen LogP contribution is 2.35. The molecule has 3 rings (SSSR count). The summed E-state index contributed by atoms with van der Waals surface area (Å²) in [5.41, 5.74) is -0.228. The lowest BCUT2D eigenvalue weighted by atomic mass is 10.1. The zero-order chi connectivity index (χ0) is 17.2. The smallest absolute Gasteiger partial charge is 0.416 e. The van der Waals surface area contributed by atoms with Crippen molar-refractivity contribution in [3.8, 4) is 28.6 Å². The number of alkyl halides is 3. The van der Waals surface area contributed by atoms with Gasteiger partial charge in [0.2, 0.25) is 5.88 Å². The lowest BCUT2D eigenvalue weighted by molar-refractivity contribution is -0.137. The molecule has 124 valence electrons. The molecule has 24 heavy (non-hydrogen) atoms. The summed E-state index contributed by atoms with van der Waals surface area (Å²) in [6.45, 7) is 0. The van der Waals surface area contributed by atoms with E-state index in [1.54, 1.807) is 12.1 Å². The van der Waals surface area contributed by atoms with Crippen LogP contribution in [0, 0.1) is 0 Å². The zero-order valence-electron chi connectivity index (χ0n) is 12.5. The molecule has 0 unspecified atom stereocenters. The Hall–Kier alpha value is -3.03. The summed E-state index contributed by atoms with van der Waals surface area (Å²) < 4.78 is 49.4. The summed E-state index contributed by atoms with van der Waals surface area (Å²) >= 11 is 0. The van der Waals surface area contributed by atoms with Gasteiger partial charge in [0.05, 0.1) is 25.1 Å². The fraction of sp³-hybridized carbons (Fsp3) is 0.125. The Bertz CT molecular complexity index is 833. The predicted octanol–water partition coefficient (Wildman–Crippen LogP) is 4.29. The standard InChI is InChI=1S/C16H12F3N3O2/c1-23-13-5-6-14(24-12-8-20-21-9-12)22-15(13)10-3-2-4-11(7-10)16(17,18)19/h2-9H,1H3,(H,20,21). The lowest BCUT2D eigenvalue weighted by Gasteiger charge is -2.12. The largest absolute Gasteiger partial charge is 0.494 e. The predicted molar refractivity (Wildman–Crippen MR) is 79.9 cm³/mol. The number of hydrogen-bond acceptors (Lipinski definition) is 4. The Labute approximate surface area is 135 Å². The van der Waals surface area contributed by atoms with Crippen molar-refractivity contribution in [3.05, 3.63) is 54.4 Å². The van der Waals surface area contributed by atoms with Gasteiger partial charge in [-0.1, -0.05) is 12.1 Å². The molecule has 2 heterocycles. The first-order valence-electron chi connectivity index (χ1n) is 6.86. The van der Waals surface area contributed by atoms with Gasteiger partial charge in [0.25, 0.3) is 0 Å². The van der Waals surface area contributed by atoms with Crippen molar-refractivity contribution in [2.24, 2.45) is 0 Å². The van der Waals surface area contributed by atoms with Gasteiger partial charge in [-0.25, -0.2) is 4.98 Å². The first kappa shape index (κ1) is 15.9. The molecule has 3 aromatic rings. The topological polar surface area (TPSA) is 60.0 Å². The molecule has 0 atom stereocenters. The lowest BCUT2D eigenvalue weighted by Crippen LogP contribution is -2.05. The number of aromatic nitrogens is 3. The fourth-order valence-corrected chi connectivity index (χ4v) is 2.12. The van der Waals surface area contributed by atoms with Crippen LogP contribution in [-0.4, -0.2) is 22.3 Å². The van der Waals surface area contributed by atoms with E-state index in [1.807, 2.05) is 0 Å². The molecule has 0 aliphatic rings. The maximum absolute atomic E-state index is 12.9.